The average Bonchev–Trinajstić information content (AvgIpc) is 2.95. The number of morpholine rings is 1. The second-order valence-corrected chi connectivity index (χ2v) is 5.59. The number of hydrogen-bond donors (Lipinski definition) is 1. The van der Waals surface area contributed by atoms with Crippen LogP contribution in [0.5, 0.6) is 5.75 Å². The zero-order chi connectivity index (χ0) is 13.9. The lowest BCUT2D eigenvalue weighted by Crippen LogP contribution is -2.45. The monoisotopic (exact) mass is 277 g/mol. The molecule has 1 fully saturated rings. The minimum atomic E-state index is -0.609. The van der Waals surface area contributed by atoms with Crippen molar-refractivity contribution in [2.45, 2.75) is 32.0 Å². The van der Waals surface area contributed by atoms with Crippen LogP contribution in [-0.4, -0.2) is 49.0 Å². The lowest BCUT2D eigenvalue weighted by atomic mass is 9.99. The summed E-state index contributed by atoms with van der Waals surface area (Å²) in [6, 6.07) is 6.03. The Labute approximate surface area is 120 Å². The van der Waals surface area contributed by atoms with Crippen LogP contribution in [0.1, 0.15) is 30.6 Å². The molecule has 2 aliphatic heterocycles. The van der Waals surface area contributed by atoms with E-state index in [0.717, 1.165) is 43.8 Å². The molecule has 3 rings (SSSR count). The highest BCUT2D eigenvalue weighted by atomic mass is 16.5. The maximum Gasteiger partial charge on any atom is 0.128 e. The molecule has 0 aliphatic carbocycles. The molecule has 1 aromatic rings. The highest BCUT2D eigenvalue weighted by molar-refractivity contribution is 5.45. The summed E-state index contributed by atoms with van der Waals surface area (Å²) in [5.74, 6) is 0.871. The van der Waals surface area contributed by atoms with Crippen LogP contribution in [0.3, 0.4) is 0 Å². The molecule has 0 bridgehead atoms. The van der Waals surface area contributed by atoms with Crippen molar-refractivity contribution in [2.24, 2.45) is 0 Å². The van der Waals surface area contributed by atoms with Crippen molar-refractivity contribution in [1.29, 1.82) is 0 Å². The molecule has 110 valence electrons. The maximum absolute atomic E-state index is 10.7. The number of hydrogen-bond acceptors (Lipinski definition) is 4. The first-order valence-corrected chi connectivity index (χ1v) is 7.56. The molecule has 0 radical (unpaired) electrons. The Morgan fingerprint density at radius 2 is 2.30 bits per heavy atom. The second-order valence-electron chi connectivity index (χ2n) is 5.59. The summed E-state index contributed by atoms with van der Waals surface area (Å²) in [6.45, 7) is 6.40. The minimum absolute atomic E-state index is 0.161. The summed E-state index contributed by atoms with van der Waals surface area (Å²) in [7, 11) is 0. The van der Waals surface area contributed by atoms with Gasteiger partial charge in [0.15, 0.2) is 0 Å². The smallest absolute Gasteiger partial charge is 0.128 e. The molecule has 20 heavy (non-hydrogen) atoms. The Hall–Kier alpha value is -1.10. The van der Waals surface area contributed by atoms with Crippen molar-refractivity contribution in [1.82, 2.24) is 4.90 Å². The number of rotatable bonds is 4. The number of ether oxygens (including phenoxy) is 2. The van der Waals surface area contributed by atoms with Crippen LogP contribution in [0.15, 0.2) is 18.2 Å². The third-order valence-corrected chi connectivity index (χ3v) is 4.13. The largest absolute Gasteiger partial charge is 0.493 e. The Kier molecular flexibility index (Phi) is 4.24. The van der Waals surface area contributed by atoms with E-state index in [1.54, 1.807) is 0 Å². The molecule has 0 saturated carbocycles. The SMILES string of the molecule is CCCN1CCOC(C(O)c2cccc3c2OCC3)C1. The zero-order valence-electron chi connectivity index (χ0n) is 12.0. The predicted molar refractivity (Wildman–Crippen MR) is 77.1 cm³/mol. The van der Waals surface area contributed by atoms with Gasteiger partial charge in [0, 0.05) is 25.1 Å². The molecule has 4 heteroatoms. The van der Waals surface area contributed by atoms with E-state index >= 15 is 0 Å². The lowest BCUT2D eigenvalue weighted by molar-refractivity contribution is -0.0903. The molecule has 0 spiro atoms. The molecular weight excluding hydrogens is 254 g/mol. The third kappa shape index (κ3) is 2.68. The van der Waals surface area contributed by atoms with Crippen molar-refractivity contribution in [3.8, 4) is 5.75 Å². The number of para-hydroxylation sites is 1. The quantitative estimate of drug-likeness (QED) is 0.910. The predicted octanol–water partition coefficient (Wildman–Crippen LogP) is 1.77. The summed E-state index contributed by atoms with van der Waals surface area (Å²) in [4.78, 5) is 2.36. The van der Waals surface area contributed by atoms with E-state index in [0.29, 0.717) is 13.2 Å². The van der Waals surface area contributed by atoms with Crippen molar-refractivity contribution >= 4 is 0 Å². The van der Waals surface area contributed by atoms with Gasteiger partial charge in [-0.1, -0.05) is 25.1 Å². The standard InChI is InChI=1S/C16H23NO3/c1-2-7-17-8-10-19-14(11-17)15(18)13-5-3-4-12-6-9-20-16(12)13/h3-5,14-15,18H,2,6-11H2,1H3. The number of aliphatic hydroxyl groups is 1. The highest BCUT2D eigenvalue weighted by Crippen LogP contribution is 2.35. The fraction of sp³-hybridized carbons (Fsp3) is 0.625. The van der Waals surface area contributed by atoms with Crippen molar-refractivity contribution in [3.05, 3.63) is 29.3 Å². The topological polar surface area (TPSA) is 41.9 Å². The molecule has 2 unspecified atom stereocenters. The lowest BCUT2D eigenvalue weighted by Gasteiger charge is -2.35. The van der Waals surface area contributed by atoms with E-state index < -0.39 is 6.10 Å². The van der Waals surface area contributed by atoms with Gasteiger partial charge in [-0.05, 0) is 18.5 Å². The summed E-state index contributed by atoms with van der Waals surface area (Å²) in [5.41, 5.74) is 2.08. The first-order valence-electron chi connectivity index (χ1n) is 7.56. The Balaban J connectivity index is 1.75. The molecule has 0 aromatic heterocycles. The highest BCUT2D eigenvalue weighted by Gasteiger charge is 2.31. The van der Waals surface area contributed by atoms with Crippen molar-refractivity contribution in [3.63, 3.8) is 0 Å². The molecule has 2 heterocycles. The summed E-state index contributed by atoms with van der Waals surface area (Å²) >= 11 is 0. The van der Waals surface area contributed by atoms with Crippen LogP contribution < -0.4 is 4.74 Å². The Morgan fingerprint density at radius 1 is 1.40 bits per heavy atom. The summed E-state index contributed by atoms with van der Waals surface area (Å²) in [6.07, 6.45) is 1.30. The van der Waals surface area contributed by atoms with Gasteiger partial charge in [0.2, 0.25) is 0 Å². The van der Waals surface area contributed by atoms with E-state index in [-0.39, 0.29) is 6.10 Å². The van der Waals surface area contributed by atoms with Gasteiger partial charge in [0.05, 0.1) is 13.2 Å². The molecule has 1 N–H and O–H groups in total. The zero-order valence-corrected chi connectivity index (χ0v) is 12.0. The van der Waals surface area contributed by atoms with Crippen LogP contribution in [0.2, 0.25) is 0 Å². The van der Waals surface area contributed by atoms with Gasteiger partial charge in [-0.3, -0.25) is 4.90 Å². The van der Waals surface area contributed by atoms with Crippen LogP contribution in [0, 0.1) is 0 Å². The molecule has 0 amide bonds. The van der Waals surface area contributed by atoms with E-state index in [9.17, 15) is 5.11 Å². The first-order chi connectivity index (χ1) is 9.79. The second kappa shape index (κ2) is 6.12. The Bertz CT molecular complexity index is 461. The van der Waals surface area contributed by atoms with E-state index in [1.165, 1.54) is 5.56 Å². The molecule has 2 atom stereocenters. The van der Waals surface area contributed by atoms with Crippen molar-refractivity contribution in [2.75, 3.05) is 32.8 Å². The number of nitrogens with zero attached hydrogens (tertiary/aromatic N) is 1. The van der Waals surface area contributed by atoms with Crippen LogP contribution in [0.25, 0.3) is 0 Å². The van der Waals surface area contributed by atoms with Gasteiger partial charge in [-0.2, -0.15) is 0 Å². The van der Waals surface area contributed by atoms with Gasteiger partial charge >= 0.3 is 0 Å². The Morgan fingerprint density at radius 3 is 3.15 bits per heavy atom. The fourth-order valence-electron chi connectivity index (χ4n) is 3.12. The van der Waals surface area contributed by atoms with E-state index in [2.05, 4.69) is 17.9 Å². The van der Waals surface area contributed by atoms with Gasteiger partial charge in [-0.15, -0.1) is 0 Å². The molecule has 1 aromatic carbocycles. The number of aliphatic hydroxyl groups excluding tert-OH is 1. The maximum atomic E-state index is 10.7. The molecule has 4 nitrogen and oxygen atoms in total. The van der Waals surface area contributed by atoms with Gasteiger partial charge in [0.1, 0.15) is 18.0 Å². The van der Waals surface area contributed by atoms with Gasteiger partial charge in [0.25, 0.3) is 0 Å². The van der Waals surface area contributed by atoms with Crippen LogP contribution in [0.4, 0.5) is 0 Å². The number of fused-ring (bicyclic) bond motifs is 1. The van der Waals surface area contributed by atoms with Crippen LogP contribution in [-0.2, 0) is 11.2 Å². The number of benzene rings is 1. The third-order valence-electron chi connectivity index (χ3n) is 4.13. The first kappa shape index (κ1) is 13.9. The van der Waals surface area contributed by atoms with Crippen molar-refractivity contribution < 1.29 is 14.6 Å². The normalized spacial score (nSPS) is 24.2. The minimum Gasteiger partial charge on any atom is -0.493 e. The molecule has 2 aliphatic rings. The fourth-order valence-corrected chi connectivity index (χ4v) is 3.12. The van der Waals surface area contributed by atoms with Crippen LogP contribution >= 0.6 is 0 Å². The van der Waals surface area contributed by atoms with Gasteiger partial charge < -0.3 is 14.6 Å². The summed E-state index contributed by atoms with van der Waals surface area (Å²) in [5, 5.41) is 10.7. The molecular formula is C16H23NO3. The van der Waals surface area contributed by atoms with Gasteiger partial charge in [-0.25, -0.2) is 0 Å². The average molecular weight is 277 g/mol. The summed E-state index contributed by atoms with van der Waals surface area (Å²) < 4.78 is 11.5. The molecule has 1 saturated heterocycles. The van der Waals surface area contributed by atoms with E-state index in [4.69, 9.17) is 9.47 Å². The van der Waals surface area contributed by atoms with E-state index in [1.807, 2.05) is 12.1 Å².